The first-order valence-corrected chi connectivity index (χ1v) is 6.32. The van der Waals surface area contributed by atoms with E-state index in [2.05, 4.69) is 26.9 Å². The molecular formula is C13H17N5. The summed E-state index contributed by atoms with van der Waals surface area (Å²) in [7, 11) is 2.17. The first-order valence-electron chi connectivity index (χ1n) is 6.32. The van der Waals surface area contributed by atoms with Crippen LogP contribution in [0.15, 0.2) is 31.1 Å². The number of likely N-dealkylation sites (N-methyl/N-ethyl adjacent to an activating group) is 1. The van der Waals surface area contributed by atoms with Crippen molar-refractivity contribution in [2.75, 3.05) is 20.1 Å². The Bertz CT molecular complexity index is 491. The Morgan fingerprint density at radius 1 is 1.28 bits per heavy atom. The van der Waals surface area contributed by atoms with Crippen molar-refractivity contribution < 1.29 is 0 Å². The molecule has 3 heterocycles. The van der Waals surface area contributed by atoms with Gasteiger partial charge in [-0.3, -0.25) is 9.55 Å². The van der Waals surface area contributed by atoms with Gasteiger partial charge in [-0.15, -0.1) is 0 Å². The lowest BCUT2D eigenvalue weighted by atomic mass is 9.95. The van der Waals surface area contributed by atoms with Crippen LogP contribution in [0.4, 0.5) is 0 Å². The molecule has 0 radical (unpaired) electrons. The standard InChI is InChI=1S/C13H17N5/c1-17-5-2-3-11(9-17)12-7-16-13(8-15-12)18-6-4-14-10-18/h4,6-8,10-11H,2-3,5,9H2,1H3/t11-/m0/s1. The third kappa shape index (κ3) is 2.26. The lowest BCUT2D eigenvalue weighted by molar-refractivity contribution is 0.248. The van der Waals surface area contributed by atoms with Gasteiger partial charge in [0.1, 0.15) is 6.33 Å². The predicted octanol–water partition coefficient (Wildman–Crippen LogP) is 1.47. The summed E-state index contributed by atoms with van der Waals surface area (Å²) < 4.78 is 1.86. The number of hydrogen-bond acceptors (Lipinski definition) is 4. The van der Waals surface area contributed by atoms with Gasteiger partial charge >= 0.3 is 0 Å². The van der Waals surface area contributed by atoms with E-state index in [0.29, 0.717) is 5.92 Å². The van der Waals surface area contributed by atoms with E-state index < -0.39 is 0 Å². The van der Waals surface area contributed by atoms with Gasteiger partial charge in [0, 0.05) is 24.9 Å². The minimum absolute atomic E-state index is 0.521. The molecule has 1 saturated heterocycles. The van der Waals surface area contributed by atoms with Crippen molar-refractivity contribution in [1.29, 1.82) is 0 Å². The van der Waals surface area contributed by atoms with E-state index in [0.717, 1.165) is 18.1 Å². The van der Waals surface area contributed by atoms with Gasteiger partial charge in [0.25, 0.3) is 0 Å². The SMILES string of the molecule is CN1CCC[C@H](c2cnc(-n3ccnc3)cn2)C1. The second-order valence-corrected chi connectivity index (χ2v) is 4.87. The highest BCUT2D eigenvalue weighted by Gasteiger charge is 2.20. The third-order valence-electron chi connectivity index (χ3n) is 3.47. The van der Waals surface area contributed by atoms with Crippen LogP contribution in [0.25, 0.3) is 5.82 Å². The van der Waals surface area contributed by atoms with Crippen molar-refractivity contribution in [3.8, 4) is 5.82 Å². The zero-order chi connectivity index (χ0) is 12.4. The minimum atomic E-state index is 0.521. The second kappa shape index (κ2) is 4.86. The Balaban J connectivity index is 1.78. The molecule has 2 aromatic rings. The molecule has 0 N–H and O–H groups in total. The number of rotatable bonds is 2. The summed E-state index contributed by atoms with van der Waals surface area (Å²) in [5.74, 6) is 1.34. The highest BCUT2D eigenvalue weighted by molar-refractivity contribution is 5.20. The molecule has 3 rings (SSSR count). The fourth-order valence-corrected chi connectivity index (χ4v) is 2.48. The number of imidazole rings is 1. The van der Waals surface area contributed by atoms with Gasteiger partial charge in [-0.25, -0.2) is 9.97 Å². The third-order valence-corrected chi connectivity index (χ3v) is 3.47. The molecule has 0 unspecified atom stereocenters. The zero-order valence-electron chi connectivity index (χ0n) is 10.5. The predicted molar refractivity (Wildman–Crippen MR) is 68.6 cm³/mol. The molecule has 0 aromatic carbocycles. The second-order valence-electron chi connectivity index (χ2n) is 4.87. The fraction of sp³-hybridized carbons (Fsp3) is 0.462. The topological polar surface area (TPSA) is 46.8 Å². The van der Waals surface area contributed by atoms with Gasteiger partial charge in [-0.1, -0.05) is 0 Å². The Kier molecular flexibility index (Phi) is 3.06. The number of hydrogen-bond donors (Lipinski definition) is 0. The molecule has 2 aromatic heterocycles. The van der Waals surface area contributed by atoms with Gasteiger partial charge < -0.3 is 4.90 Å². The first-order chi connectivity index (χ1) is 8.83. The van der Waals surface area contributed by atoms with Crippen molar-refractivity contribution >= 4 is 0 Å². The summed E-state index contributed by atoms with van der Waals surface area (Å²) >= 11 is 0. The zero-order valence-corrected chi connectivity index (χ0v) is 10.5. The van der Waals surface area contributed by atoms with Crippen LogP contribution in [-0.4, -0.2) is 44.6 Å². The average molecular weight is 243 g/mol. The highest BCUT2D eigenvalue weighted by Crippen LogP contribution is 2.24. The maximum atomic E-state index is 4.56. The van der Waals surface area contributed by atoms with E-state index in [1.165, 1.54) is 19.4 Å². The van der Waals surface area contributed by atoms with Gasteiger partial charge in [-0.05, 0) is 26.4 Å². The highest BCUT2D eigenvalue weighted by atomic mass is 15.1. The summed E-state index contributed by atoms with van der Waals surface area (Å²) in [5, 5.41) is 0. The molecule has 0 spiro atoms. The van der Waals surface area contributed by atoms with Crippen LogP contribution in [0, 0.1) is 0 Å². The molecule has 18 heavy (non-hydrogen) atoms. The molecule has 5 nitrogen and oxygen atoms in total. The van der Waals surface area contributed by atoms with Crippen LogP contribution in [0.5, 0.6) is 0 Å². The lowest BCUT2D eigenvalue weighted by Crippen LogP contribution is -2.31. The molecule has 5 heteroatoms. The summed E-state index contributed by atoms with van der Waals surface area (Å²) in [6.45, 7) is 2.27. The maximum Gasteiger partial charge on any atom is 0.156 e. The van der Waals surface area contributed by atoms with Gasteiger partial charge in [0.05, 0.1) is 18.1 Å². The van der Waals surface area contributed by atoms with E-state index in [4.69, 9.17) is 0 Å². The molecule has 1 aliphatic rings. The van der Waals surface area contributed by atoms with Gasteiger partial charge in [0.15, 0.2) is 5.82 Å². The van der Waals surface area contributed by atoms with E-state index >= 15 is 0 Å². The minimum Gasteiger partial charge on any atom is -0.306 e. The Morgan fingerprint density at radius 2 is 2.22 bits per heavy atom. The van der Waals surface area contributed by atoms with Crippen molar-refractivity contribution in [2.45, 2.75) is 18.8 Å². The van der Waals surface area contributed by atoms with Crippen LogP contribution >= 0.6 is 0 Å². The van der Waals surface area contributed by atoms with E-state index in [9.17, 15) is 0 Å². The van der Waals surface area contributed by atoms with Crippen molar-refractivity contribution in [2.24, 2.45) is 0 Å². The molecule has 1 aliphatic heterocycles. The Labute approximate surface area is 107 Å². The molecule has 0 aliphatic carbocycles. The fourth-order valence-electron chi connectivity index (χ4n) is 2.48. The molecule has 0 bridgehead atoms. The van der Waals surface area contributed by atoms with E-state index in [1.54, 1.807) is 12.5 Å². The van der Waals surface area contributed by atoms with Gasteiger partial charge in [0.2, 0.25) is 0 Å². The quantitative estimate of drug-likeness (QED) is 0.801. The smallest absolute Gasteiger partial charge is 0.156 e. The lowest BCUT2D eigenvalue weighted by Gasteiger charge is -2.29. The Hall–Kier alpha value is -1.75. The Morgan fingerprint density at radius 3 is 2.89 bits per heavy atom. The first kappa shape index (κ1) is 11.3. The normalized spacial score (nSPS) is 21.1. The molecule has 0 amide bonds. The largest absolute Gasteiger partial charge is 0.306 e. The molecule has 0 saturated carbocycles. The van der Waals surface area contributed by atoms with Crippen LogP contribution in [0.1, 0.15) is 24.5 Å². The average Bonchev–Trinajstić information content (AvgIpc) is 2.93. The van der Waals surface area contributed by atoms with E-state index in [1.807, 2.05) is 23.2 Å². The number of likely N-dealkylation sites (tertiary alicyclic amines) is 1. The number of aromatic nitrogens is 4. The van der Waals surface area contributed by atoms with Crippen molar-refractivity contribution in [3.63, 3.8) is 0 Å². The van der Waals surface area contributed by atoms with Crippen molar-refractivity contribution in [3.05, 3.63) is 36.8 Å². The number of piperidine rings is 1. The number of nitrogens with zero attached hydrogens (tertiary/aromatic N) is 5. The summed E-state index contributed by atoms with van der Waals surface area (Å²) in [6, 6.07) is 0. The molecule has 1 atom stereocenters. The van der Waals surface area contributed by atoms with Crippen LogP contribution in [0.2, 0.25) is 0 Å². The van der Waals surface area contributed by atoms with E-state index in [-0.39, 0.29) is 0 Å². The van der Waals surface area contributed by atoms with Crippen molar-refractivity contribution in [1.82, 2.24) is 24.4 Å². The summed E-state index contributed by atoms with van der Waals surface area (Å²) in [4.78, 5) is 15.4. The molecular weight excluding hydrogens is 226 g/mol. The van der Waals surface area contributed by atoms with Gasteiger partial charge in [-0.2, -0.15) is 0 Å². The molecule has 94 valence electrons. The monoisotopic (exact) mass is 243 g/mol. The van der Waals surface area contributed by atoms with Crippen LogP contribution in [0.3, 0.4) is 0 Å². The summed E-state index contributed by atoms with van der Waals surface area (Å²) in [5.41, 5.74) is 1.10. The maximum absolute atomic E-state index is 4.56. The molecule has 1 fully saturated rings. The van der Waals surface area contributed by atoms with Crippen LogP contribution < -0.4 is 0 Å². The van der Waals surface area contributed by atoms with Crippen LogP contribution in [-0.2, 0) is 0 Å². The summed E-state index contributed by atoms with van der Waals surface area (Å²) in [6.07, 6.45) is 11.5.